The molecule has 0 aliphatic carbocycles. The standard InChI is InChI=1S/C31H31F6N3O4S/c1-2-6-25-29(44-22-14-26(45-18-22)31(35,36)37,28(43)40-16-20-8-4-3-7-19(20)13-21(40)17-41)10-5-12-39(25)27(42)23-15-38-11-9-24(23)30(32,33)34/h3-4,7-9,11,14-15,18,21,25,41H,2,5-6,10,12-13,16-17H2,1H3/t21-,25+,29-/m0/s1. The van der Waals surface area contributed by atoms with Crippen molar-refractivity contribution in [1.29, 1.82) is 0 Å². The molecule has 7 nitrogen and oxygen atoms in total. The molecule has 1 N–H and O–H groups in total. The molecule has 2 aliphatic heterocycles. The summed E-state index contributed by atoms with van der Waals surface area (Å²) in [7, 11) is 0. The summed E-state index contributed by atoms with van der Waals surface area (Å²) in [4.78, 5) is 34.1. The van der Waals surface area contributed by atoms with Crippen LogP contribution in [0.1, 0.15) is 64.5 Å². The zero-order chi connectivity index (χ0) is 32.6. The number of aliphatic hydroxyl groups excluding tert-OH is 1. The number of aromatic nitrogens is 1. The fourth-order valence-electron chi connectivity index (χ4n) is 6.33. The number of nitrogens with zero attached hydrogens (tertiary/aromatic N) is 3. The molecule has 1 fully saturated rings. The lowest BCUT2D eigenvalue weighted by atomic mass is 9.78. The number of aliphatic hydroxyl groups is 1. The van der Waals surface area contributed by atoms with Crippen molar-refractivity contribution in [3.63, 3.8) is 0 Å². The maximum atomic E-state index is 14.8. The van der Waals surface area contributed by atoms with Gasteiger partial charge in [0, 0.05) is 43.4 Å². The highest BCUT2D eigenvalue weighted by molar-refractivity contribution is 7.10. The molecule has 4 heterocycles. The highest BCUT2D eigenvalue weighted by Gasteiger charge is 2.57. The van der Waals surface area contributed by atoms with Crippen molar-refractivity contribution in [2.24, 2.45) is 0 Å². The van der Waals surface area contributed by atoms with Gasteiger partial charge in [-0.25, -0.2) is 0 Å². The van der Waals surface area contributed by atoms with Gasteiger partial charge in [0.05, 0.1) is 29.8 Å². The van der Waals surface area contributed by atoms with E-state index < -0.39 is 64.5 Å². The number of ether oxygens (including phenoxy) is 1. The van der Waals surface area contributed by atoms with Crippen molar-refractivity contribution in [1.82, 2.24) is 14.8 Å². The Bertz CT molecular complexity index is 1540. The van der Waals surface area contributed by atoms with Crippen LogP contribution in [0, 0.1) is 0 Å². The molecule has 3 atom stereocenters. The summed E-state index contributed by atoms with van der Waals surface area (Å²) in [5.74, 6) is -1.92. The summed E-state index contributed by atoms with van der Waals surface area (Å²) in [5, 5.41) is 11.5. The maximum absolute atomic E-state index is 14.8. The van der Waals surface area contributed by atoms with Crippen molar-refractivity contribution in [3.8, 4) is 5.75 Å². The summed E-state index contributed by atoms with van der Waals surface area (Å²) in [6.07, 6.45) is -6.92. The minimum atomic E-state index is -4.87. The number of carbonyl (C=O) groups is 2. The Morgan fingerprint density at radius 2 is 1.82 bits per heavy atom. The number of halogens is 6. The van der Waals surface area contributed by atoms with Gasteiger partial charge in [0.15, 0.2) is 0 Å². The fraction of sp³-hybridized carbons (Fsp3) is 0.452. The van der Waals surface area contributed by atoms with Crippen molar-refractivity contribution >= 4 is 23.2 Å². The third-order valence-electron chi connectivity index (χ3n) is 8.39. The largest absolute Gasteiger partial charge is 0.474 e. The van der Waals surface area contributed by atoms with Crippen LogP contribution in [-0.2, 0) is 30.1 Å². The van der Waals surface area contributed by atoms with Crippen LogP contribution in [0.15, 0.2) is 54.2 Å². The Morgan fingerprint density at radius 1 is 1.09 bits per heavy atom. The van der Waals surface area contributed by atoms with Gasteiger partial charge >= 0.3 is 12.4 Å². The first kappa shape index (κ1) is 32.7. The lowest BCUT2D eigenvalue weighted by molar-refractivity contribution is -0.164. The average Bonchev–Trinajstić information content (AvgIpc) is 3.49. The molecule has 2 aliphatic rings. The van der Waals surface area contributed by atoms with E-state index in [0.29, 0.717) is 30.2 Å². The lowest BCUT2D eigenvalue weighted by Crippen LogP contribution is -2.69. The zero-order valence-electron chi connectivity index (χ0n) is 24.2. The van der Waals surface area contributed by atoms with Gasteiger partial charge in [-0.15, -0.1) is 11.3 Å². The van der Waals surface area contributed by atoms with E-state index in [-0.39, 0.29) is 38.1 Å². The molecule has 0 unspecified atom stereocenters. The van der Waals surface area contributed by atoms with Crippen molar-refractivity contribution in [2.45, 2.75) is 75.6 Å². The molecule has 1 saturated heterocycles. The van der Waals surface area contributed by atoms with Gasteiger partial charge in [-0.3, -0.25) is 14.6 Å². The number of piperidine rings is 1. The highest BCUT2D eigenvalue weighted by atomic mass is 32.1. The van der Waals surface area contributed by atoms with E-state index in [4.69, 9.17) is 4.74 Å². The molecule has 0 bridgehead atoms. The number of hydrogen-bond donors (Lipinski definition) is 1. The zero-order valence-corrected chi connectivity index (χ0v) is 25.0. The van der Waals surface area contributed by atoms with Crippen LogP contribution in [0.2, 0.25) is 0 Å². The number of fused-ring (bicyclic) bond motifs is 1. The van der Waals surface area contributed by atoms with E-state index in [9.17, 15) is 41.0 Å². The van der Waals surface area contributed by atoms with E-state index in [2.05, 4.69) is 4.98 Å². The topological polar surface area (TPSA) is 83.0 Å². The number of hydrogen-bond acceptors (Lipinski definition) is 6. The molecular weight excluding hydrogens is 624 g/mol. The van der Waals surface area contributed by atoms with E-state index in [0.717, 1.165) is 35.0 Å². The smallest absolute Gasteiger partial charge is 0.425 e. The Kier molecular flexibility index (Phi) is 9.18. The first-order chi connectivity index (χ1) is 21.3. The second-order valence-corrected chi connectivity index (χ2v) is 12.1. The first-order valence-corrected chi connectivity index (χ1v) is 15.3. The molecule has 0 saturated carbocycles. The third kappa shape index (κ3) is 6.39. The predicted octanol–water partition coefficient (Wildman–Crippen LogP) is 6.35. The molecule has 5 rings (SSSR count). The predicted molar refractivity (Wildman–Crippen MR) is 152 cm³/mol. The van der Waals surface area contributed by atoms with E-state index in [1.807, 2.05) is 18.2 Å². The number of pyridine rings is 1. The third-order valence-corrected chi connectivity index (χ3v) is 9.34. The minimum absolute atomic E-state index is 0.0161. The summed E-state index contributed by atoms with van der Waals surface area (Å²) >= 11 is 0.381. The Morgan fingerprint density at radius 3 is 2.47 bits per heavy atom. The van der Waals surface area contributed by atoms with E-state index in [1.54, 1.807) is 13.0 Å². The van der Waals surface area contributed by atoms with Crippen LogP contribution in [0.3, 0.4) is 0 Å². The van der Waals surface area contributed by atoms with Crippen LogP contribution in [0.5, 0.6) is 5.75 Å². The fourth-order valence-corrected chi connectivity index (χ4v) is 7.01. The van der Waals surface area contributed by atoms with Gasteiger partial charge in [-0.05, 0) is 36.5 Å². The van der Waals surface area contributed by atoms with Crippen LogP contribution < -0.4 is 4.74 Å². The average molecular weight is 656 g/mol. The molecule has 0 spiro atoms. The number of amides is 2. The van der Waals surface area contributed by atoms with Crippen LogP contribution >= 0.6 is 11.3 Å². The van der Waals surface area contributed by atoms with Gasteiger partial charge in [0.25, 0.3) is 11.8 Å². The van der Waals surface area contributed by atoms with Gasteiger partial charge in [-0.2, -0.15) is 26.3 Å². The second-order valence-electron chi connectivity index (χ2n) is 11.2. The number of alkyl halides is 6. The maximum Gasteiger partial charge on any atom is 0.425 e. The van der Waals surface area contributed by atoms with Crippen molar-refractivity contribution < 1.29 is 45.8 Å². The number of likely N-dealkylation sites (tertiary alicyclic amines) is 1. The normalized spacial score (nSPS) is 22.2. The highest BCUT2D eigenvalue weighted by Crippen LogP contribution is 2.43. The van der Waals surface area contributed by atoms with Crippen LogP contribution in [-0.4, -0.2) is 62.5 Å². The van der Waals surface area contributed by atoms with Crippen molar-refractivity contribution in [3.05, 3.63) is 81.3 Å². The Hall–Kier alpha value is -3.65. The van der Waals surface area contributed by atoms with E-state index >= 15 is 0 Å². The summed E-state index contributed by atoms with van der Waals surface area (Å²) in [6, 6.07) is 6.95. The van der Waals surface area contributed by atoms with E-state index in [1.165, 1.54) is 9.80 Å². The van der Waals surface area contributed by atoms with Crippen LogP contribution in [0.4, 0.5) is 26.3 Å². The first-order valence-electron chi connectivity index (χ1n) is 14.5. The van der Waals surface area contributed by atoms with Crippen LogP contribution in [0.25, 0.3) is 0 Å². The summed E-state index contributed by atoms with van der Waals surface area (Å²) in [5.41, 5.74) is -2.13. The number of thiophene rings is 1. The molecule has 3 aromatic rings. The molecule has 14 heteroatoms. The Balaban J connectivity index is 1.62. The number of carbonyl (C=O) groups excluding carboxylic acids is 2. The quantitative estimate of drug-likeness (QED) is 0.300. The second kappa shape index (κ2) is 12.6. The molecule has 1 aromatic carbocycles. The molecule has 45 heavy (non-hydrogen) atoms. The van der Waals surface area contributed by atoms with Gasteiger partial charge in [0.1, 0.15) is 10.6 Å². The lowest BCUT2D eigenvalue weighted by Gasteiger charge is -2.51. The van der Waals surface area contributed by atoms with Crippen molar-refractivity contribution in [2.75, 3.05) is 13.2 Å². The monoisotopic (exact) mass is 655 g/mol. The van der Waals surface area contributed by atoms with Gasteiger partial charge < -0.3 is 19.6 Å². The van der Waals surface area contributed by atoms with Gasteiger partial charge in [0.2, 0.25) is 5.60 Å². The van der Waals surface area contributed by atoms with Gasteiger partial charge in [-0.1, -0.05) is 37.6 Å². The molecule has 0 radical (unpaired) electrons. The molecule has 2 amide bonds. The molecular formula is C31H31F6N3O4S. The Labute approximate surface area is 259 Å². The SMILES string of the molecule is CCC[C@H]1N(C(=O)c2cnccc2C(F)(F)F)CCC[C@@]1(Oc1csc(C(F)(F)F)c1)C(=O)N1Cc2ccccc2C[C@H]1CO. The summed E-state index contributed by atoms with van der Waals surface area (Å²) in [6.45, 7) is 1.39. The molecule has 242 valence electrons. The number of benzene rings is 1. The molecule has 2 aromatic heterocycles. The summed E-state index contributed by atoms with van der Waals surface area (Å²) < 4.78 is 88.8. The number of rotatable bonds is 7. The minimum Gasteiger partial charge on any atom is -0.474 e.